The molecular weight excluding hydrogens is 500 g/mol. The first kappa shape index (κ1) is 22.7. The maximum atomic E-state index is 10.3. The zero-order valence-electron chi connectivity index (χ0n) is 19.1. The highest BCUT2D eigenvalue weighted by molar-refractivity contribution is 7.22. The van der Waals surface area contributed by atoms with Gasteiger partial charge >= 0.3 is 5.54 Å². The van der Waals surface area contributed by atoms with Gasteiger partial charge in [-0.2, -0.15) is 5.26 Å². The Bertz CT molecular complexity index is 1740. The topological polar surface area (TPSA) is 94.4 Å². The molecule has 37 heavy (non-hydrogen) atoms. The molecule has 0 saturated heterocycles. The fraction of sp³-hybridized carbons (Fsp3) is 0.0345. The monoisotopic (exact) mass is 516 g/mol. The number of aromatic hydroxyl groups is 2. The standard InChI is InChI=1S/C29H16N4O2S2/c1-31-29(16-30,19-6-12-25-23(14-19)32-27(36-25)17-2-8-21(34)9-3-17)20-7-13-26-24(15-20)33-28(37-26)18-4-10-22(35)11-5-18/h2-15,34-35H. The van der Waals surface area contributed by atoms with E-state index < -0.39 is 5.54 Å². The second-order valence-corrected chi connectivity index (χ2v) is 10.5. The zero-order valence-corrected chi connectivity index (χ0v) is 20.7. The number of rotatable bonds is 4. The lowest BCUT2D eigenvalue weighted by molar-refractivity contribution is 0.475. The molecule has 8 heteroatoms. The number of nitriles is 1. The third-order valence-electron chi connectivity index (χ3n) is 6.17. The van der Waals surface area contributed by atoms with E-state index in [-0.39, 0.29) is 11.5 Å². The Balaban J connectivity index is 1.43. The van der Waals surface area contributed by atoms with Gasteiger partial charge in [0.2, 0.25) is 0 Å². The lowest BCUT2D eigenvalue weighted by Crippen LogP contribution is -2.21. The van der Waals surface area contributed by atoms with Gasteiger partial charge in [-0.1, -0.05) is 0 Å². The van der Waals surface area contributed by atoms with E-state index in [0.29, 0.717) is 22.2 Å². The van der Waals surface area contributed by atoms with E-state index in [1.807, 2.05) is 60.7 Å². The van der Waals surface area contributed by atoms with Crippen molar-refractivity contribution < 1.29 is 10.2 Å². The molecule has 2 N–H and O–H groups in total. The Labute approximate surface area is 219 Å². The molecule has 0 fully saturated rings. The van der Waals surface area contributed by atoms with Gasteiger partial charge < -0.3 is 10.2 Å². The normalized spacial score (nSPS) is 11.4. The van der Waals surface area contributed by atoms with E-state index in [2.05, 4.69) is 10.9 Å². The molecule has 0 aliphatic rings. The van der Waals surface area contributed by atoms with Gasteiger partial charge in [-0.05, 0) is 84.9 Å². The number of hydrogen-bond acceptors (Lipinski definition) is 7. The number of benzene rings is 4. The van der Waals surface area contributed by atoms with Gasteiger partial charge in [0.15, 0.2) is 6.07 Å². The Kier molecular flexibility index (Phi) is 5.35. The summed E-state index contributed by atoms with van der Waals surface area (Å²) < 4.78 is 1.88. The summed E-state index contributed by atoms with van der Waals surface area (Å²) in [5.74, 6) is 0.380. The predicted octanol–water partition coefficient (Wildman–Crippen LogP) is 7.34. The molecule has 176 valence electrons. The van der Waals surface area contributed by atoms with E-state index >= 15 is 0 Å². The Hall–Kier alpha value is -4.76. The lowest BCUT2D eigenvalue weighted by atomic mass is 9.84. The number of thiazole rings is 2. The quantitative estimate of drug-likeness (QED) is 0.239. The molecule has 6 rings (SSSR count). The summed E-state index contributed by atoms with van der Waals surface area (Å²) in [5, 5.41) is 31.0. The molecule has 0 spiro atoms. The zero-order chi connectivity index (χ0) is 25.6. The van der Waals surface area contributed by atoms with Gasteiger partial charge in [0.25, 0.3) is 0 Å². The molecule has 2 heterocycles. The number of fused-ring (bicyclic) bond motifs is 2. The van der Waals surface area contributed by atoms with E-state index in [9.17, 15) is 15.5 Å². The fourth-order valence-electron chi connectivity index (χ4n) is 4.21. The van der Waals surface area contributed by atoms with Crippen molar-refractivity contribution in [3.05, 3.63) is 107 Å². The molecule has 6 nitrogen and oxygen atoms in total. The van der Waals surface area contributed by atoms with Crippen molar-refractivity contribution in [2.24, 2.45) is 0 Å². The number of phenols is 2. The van der Waals surface area contributed by atoms with Crippen molar-refractivity contribution in [1.82, 2.24) is 9.97 Å². The third kappa shape index (κ3) is 3.85. The second kappa shape index (κ2) is 8.72. The second-order valence-electron chi connectivity index (χ2n) is 8.43. The summed E-state index contributed by atoms with van der Waals surface area (Å²) in [5.41, 5.74) is 2.73. The molecule has 0 atom stereocenters. The summed E-state index contributed by atoms with van der Waals surface area (Å²) >= 11 is 3.03. The smallest absolute Gasteiger partial charge is 0.366 e. The minimum Gasteiger partial charge on any atom is -0.508 e. The number of aromatic nitrogens is 2. The molecule has 2 aromatic heterocycles. The van der Waals surface area contributed by atoms with Crippen molar-refractivity contribution in [3.63, 3.8) is 0 Å². The van der Waals surface area contributed by atoms with Crippen molar-refractivity contribution in [2.75, 3.05) is 0 Å². The van der Waals surface area contributed by atoms with Gasteiger partial charge in [-0.3, -0.25) is 4.85 Å². The molecular formula is C29H16N4O2S2. The van der Waals surface area contributed by atoms with Crippen LogP contribution in [0.5, 0.6) is 11.5 Å². The van der Waals surface area contributed by atoms with Gasteiger partial charge in [-0.25, -0.2) is 16.5 Å². The molecule has 0 aliphatic carbocycles. The van der Waals surface area contributed by atoms with Crippen molar-refractivity contribution >= 4 is 43.1 Å². The molecule has 0 unspecified atom stereocenters. The molecule has 6 aromatic rings. The molecule has 0 saturated carbocycles. The molecule has 0 radical (unpaired) electrons. The highest BCUT2D eigenvalue weighted by Crippen LogP contribution is 2.40. The number of hydrogen-bond donors (Lipinski definition) is 2. The first-order valence-corrected chi connectivity index (χ1v) is 12.8. The van der Waals surface area contributed by atoms with Crippen LogP contribution < -0.4 is 0 Å². The van der Waals surface area contributed by atoms with Crippen LogP contribution in [0.4, 0.5) is 0 Å². The third-order valence-corrected chi connectivity index (χ3v) is 8.34. The summed E-state index contributed by atoms with van der Waals surface area (Å²) in [7, 11) is 0. The minimum atomic E-state index is -1.55. The SMILES string of the molecule is [C-]#[N+]C(C#N)(c1ccc2sc(-c3ccc(O)cc3)nc2c1)c1ccc2sc(-c3ccc(O)cc3)nc2c1. The van der Waals surface area contributed by atoms with Crippen molar-refractivity contribution in [3.8, 4) is 38.7 Å². The van der Waals surface area contributed by atoms with Crippen molar-refractivity contribution in [2.45, 2.75) is 5.54 Å². The van der Waals surface area contributed by atoms with Crippen LogP contribution in [-0.4, -0.2) is 20.2 Å². The summed E-state index contributed by atoms with van der Waals surface area (Å²) in [6, 6.07) is 27.0. The van der Waals surface area contributed by atoms with Crippen LogP contribution in [-0.2, 0) is 5.54 Å². The van der Waals surface area contributed by atoms with Crippen LogP contribution >= 0.6 is 22.7 Å². The van der Waals surface area contributed by atoms with Gasteiger partial charge in [0.05, 0.1) is 31.6 Å². The average molecular weight is 517 g/mol. The molecule has 4 aromatic carbocycles. The maximum Gasteiger partial charge on any atom is 0.366 e. The number of phenolic OH excluding ortho intramolecular Hbond substituents is 2. The van der Waals surface area contributed by atoms with E-state index in [4.69, 9.17) is 16.5 Å². The van der Waals surface area contributed by atoms with Gasteiger partial charge in [0.1, 0.15) is 21.5 Å². The molecule has 0 aliphatic heterocycles. The van der Waals surface area contributed by atoms with Crippen LogP contribution in [0.3, 0.4) is 0 Å². The average Bonchev–Trinajstić information content (AvgIpc) is 3.54. The fourth-order valence-corrected chi connectivity index (χ4v) is 6.11. The van der Waals surface area contributed by atoms with Gasteiger partial charge in [-0.15, -0.1) is 22.7 Å². The number of nitrogens with zero attached hydrogens (tertiary/aromatic N) is 4. The Morgan fingerprint density at radius 3 is 1.51 bits per heavy atom. The van der Waals surface area contributed by atoms with Crippen LogP contribution in [0, 0.1) is 17.9 Å². The highest BCUT2D eigenvalue weighted by Gasteiger charge is 2.42. The van der Waals surface area contributed by atoms with Crippen LogP contribution in [0.2, 0.25) is 0 Å². The van der Waals surface area contributed by atoms with Crippen LogP contribution in [0.15, 0.2) is 84.9 Å². The van der Waals surface area contributed by atoms with Crippen molar-refractivity contribution in [1.29, 1.82) is 5.26 Å². The first-order chi connectivity index (χ1) is 18.0. The van der Waals surface area contributed by atoms with Gasteiger partial charge in [0, 0.05) is 11.1 Å². The summed E-state index contributed by atoms with van der Waals surface area (Å²) in [6.07, 6.45) is 0. The van der Waals surface area contributed by atoms with E-state index in [1.165, 1.54) is 22.7 Å². The van der Waals surface area contributed by atoms with Crippen LogP contribution in [0.25, 0.3) is 46.4 Å². The largest absolute Gasteiger partial charge is 0.508 e. The lowest BCUT2D eigenvalue weighted by Gasteiger charge is -2.15. The minimum absolute atomic E-state index is 0.190. The van der Waals surface area contributed by atoms with Crippen LogP contribution in [0.1, 0.15) is 11.1 Å². The Morgan fingerprint density at radius 2 is 1.14 bits per heavy atom. The molecule has 0 bridgehead atoms. The predicted molar refractivity (Wildman–Crippen MR) is 146 cm³/mol. The maximum absolute atomic E-state index is 10.3. The summed E-state index contributed by atoms with van der Waals surface area (Å²) in [4.78, 5) is 13.3. The van der Waals surface area contributed by atoms with E-state index in [1.54, 1.807) is 24.3 Å². The van der Waals surface area contributed by atoms with E-state index in [0.717, 1.165) is 30.5 Å². The highest BCUT2D eigenvalue weighted by atomic mass is 32.1. The molecule has 0 amide bonds. The Morgan fingerprint density at radius 1 is 0.703 bits per heavy atom. The summed E-state index contributed by atoms with van der Waals surface area (Å²) in [6.45, 7) is 8.04. The first-order valence-electron chi connectivity index (χ1n) is 11.2.